The molecule has 0 bridgehead atoms. The Morgan fingerprint density at radius 1 is 1.00 bits per heavy atom. The maximum absolute atomic E-state index is 5.21. The molecule has 1 saturated carbocycles. The monoisotopic (exact) mass is 386 g/mol. The van der Waals surface area contributed by atoms with E-state index in [0.717, 1.165) is 12.3 Å². The molecule has 0 N–H and O–H groups in total. The molecule has 3 heteroatoms. The van der Waals surface area contributed by atoms with Crippen molar-refractivity contribution in [1.29, 1.82) is 0 Å². The summed E-state index contributed by atoms with van der Waals surface area (Å²) in [5, 5.41) is 4.44. The van der Waals surface area contributed by atoms with E-state index in [2.05, 4.69) is 23.1 Å². The molecular weight excluding hydrogens is 344 g/mol. The zero-order valence-electron chi connectivity index (χ0n) is 18.4. The van der Waals surface area contributed by atoms with Gasteiger partial charge in [0.25, 0.3) is 0 Å². The van der Waals surface area contributed by atoms with Gasteiger partial charge in [0.1, 0.15) is 7.11 Å². The average molecular weight is 387 g/mol. The smallest absolute Gasteiger partial charge is 0.106 e. The molecule has 1 atom stereocenters. The van der Waals surface area contributed by atoms with Crippen molar-refractivity contribution in [2.75, 3.05) is 7.11 Å². The van der Waals surface area contributed by atoms with E-state index in [1.54, 1.807) is 7.11 Å². The van der Waals surface area contributed by atoms with E-state index < -0.39 is 0 Å². The highest BCUT2D eigenvalue weighted by Gasteiger charge is 2.35. The van der Waals surface area contributed by atoms with Gasteiger partial charge in [-0.05, 0) is 43.2 Å². The van der Waals surface area contributed by atoms with E-state index >= 15 is 0 Å². The lowest BCUT2D eigenvalue weighted by atomic mass is 9.88. The highest BCUT2D eigenvalue weighted by Crippen LogP contribution is 2.44. The van der Waals surface area contributed by atoms with Gasteiger partial charge in [-0.1, -0.05) is 88.8 Å². The predicted octanol–water partition coefficient (Wildman–Crippen LogP) is 7.67. The molecule has 0 saturated heterocycles. The zero-order chi connectivity index (χ0) is 19.9. The lowest BCUT2D eigenvalue weighted by Crippen LogP contribution is -2.16. The average Bonchev–Trinajstić information content (AvgIpc) is 3.55. The number of hydrogen-bond donors (Lipinski definition) is 0. The SMILES string of the molecule is CCCCCCCCCCCCCCC(=NOC)C(c1cccnc1)C1CC1. The molecule has 158 valence electrons. The Balaban J connectivity index is 1.60. The van der Waals surface area contributed by atoms with Crippen LogP contribution in [0.15, 0.2) is 29.7 Å². The third-order valence-electron chi connectivity index (χ3n) is 5.99. The Morgan fingerprint density at radius 2 is 1.61 bits per heavy atom. The Bertz CT molecular complexity index is 525. The summed E-state index contributed by atoms with van der Waals surface area (Å²) in [6.45, 7) is 2.29. The van der Waals surface area contributed by atoms with Gasteiger partial charge < -0.3 is 4.84 Å². The first-order valence-corrected chi connectivity index (χ1v) is 11.9. The molecule has 0 amide bonds. The first-order valence-electron chi connectivity index (χ1n) is 11.9. The van der Waals surface area contributed by atoms with Crippen LogP contribution >= 0.6 is 0 Å². The number of oxime groups is 1. The fraction of sp³-hybridized carbons (Fsp3) is 0.760. The molecular formula is C25H42N2O. The van der Waals surface area contributed by atoms with Crippen molar-refractivity contribution in [3.63, 3.8) is 0 Å². The molecule has 0 radical (unpaired) electrons. The number of pyridine rings is 1. The van der Waals surface area contributed by atoms with E-state index in [9.17, 15) is 0 Å². The second-order valence-electron chi connectivity index (χ2n) is 8.51. The fourth-order valence-electron chi connectivity index (χ4n) is 4.25. The lowest BCUT2D eigenvalue weighted by Gasteiger charge is -2.18. The number of aromatic nitrogens is 1. The number of rotatable bonds is 17. The molecule has 28 heavy (non-hydrogen) atoms. The Morgan fingerprint density at radius 3 is 2.11 bits per heavy atom. The molecule has 1 heterocycles. The van der Waals surface area contributed by atoms with Gasteiger partial charge in [-0.2, -0.15) is 0 Å². The predicted molar refractivity (Wildman–Crippen MR) is 120 cm³/mol. The van der Waals surface area contributed by atoms with Crippen molar-refractivity contribution in [1.82, 2.24) is 4.98 Å². The highest BCUT2D eigenvalue weighted by atomic mass is 16.6. The van der Waals surface area contributed by atoms with Crippen LogP contribution in [-0.4, -0.2) is 17.8 Å². The van der Waals surface area contributed by atoms with Gasteiger partial charge in [0.2, 0.25) is 0 Å². The Labute approximate surface area is 173 Å². The highest BCUT2D eigenvalue weighted by molar-refractivity contribution is 5.91. The third kappa shape index (κ3) is 9.21. The Kier molecular flexibility index (Phi) is 11.9. The quantitative estimate of drug-likeness (QED) is 0.156. The van der Waals surface area contributed by atoms with Gasteiger partial charge in [0.05, 0.1) is 5.71 Å². The molecule has 1 aliphatic carbocycles. The standard InChI is InChI=1S/C25H42N2O/c1-3-4-5-6-7-8-9-10-11-12-13-14-17-24(27-28-2)25(22-18-19-22)23-16-15-20-26-21-23/h15-16,20-22,25H,3-14,17-19H2,1-2H3. The second-order valence-corrected chi connectivity index (χ2v) is 8.51. The maximum Gasteiger partial charge on any atom is 0.106 e. The molecule has 1 aliphatic rings. The van der Waals surface area contributed by atoms with E-state index in [4.69, 9.17) is 4.84 Å². The van der Waals surface area contributed by atoms with Crippen LogP contribution < -0.4 is 0 Å². The van der Waals surface area contributed by atoms with Crippen LogP contribution in [0.1, 0.15) is 115 Å². The summed E-state index contributed by atoms with van der Waals surface area (Å²) in [6.07, 6.45) is 24.2. The van der Waals surface area contributed by atoms with Crippen molar-refractivity contribution >= 4 is 5.71 Å². The van der Waals surface area contributed by atoms with Gasteiger partial charge >= 0.3 is 0 Å². The van der Waals surface area contributed by atoms with E-state index in [-0.39, 0.29) is 0 Å². The van der Waals surface area contributed by atoms with Gasteiger partial charge in [-0.15, -0.1) is 0 Å². The first-order chi connectivity index (χ1) is 13.9. The van der Waals surface area contributed by atoms with E-state index in [1.165, 1.54) is 101 Å². The third-order valence-corrected chi connectivity index (χ3v) is 5.99. The van der Waals surface area contributed by atoms with Crippen molar-refractivity contribution in [2.45, 2.75) is 109 Å². The van der Waals surface area contributed by atoms with Crippen LogP contribution in [-0.2, 0) is 4.84 Å². The van der Waals surface area contributed by atoms with Crippen molar-refractivity contribution in [2.24, 2.45) is 11.1 Å². The molecule has 1 aromatic heterocycles. The molecule has 1 aromatic rings. The normalized spacial score (nSPS) is 15.6. The molecule has 2 rings (SSSR count). The van der Waals surface area contributed by atoms with Crippen LogP contribution in [0, 0.1) is 5.92 Å². The van der Waals surface area contributed by atoms with Crippen LogP contribution in [0.3, 0.4) is 0 Å². The fourth-order valence-corrected chi connectivity index (χ4v) is 4.25. The topological polar surface area (TPSA) is 34.5 Å². The maximum atomic E-state index is 5.21. The summed E-state index contributed by atoms with van der Waals surface area (Å²) in [5.74, 6) is 1.14. The number of hydrogen-bond acceptors (Lipinski definition) is 3. The Hall–Kier alpha value is -1.38. The molecule has 1 unspecified atom stereocenters. The van der Waals surface area contributed by atoms with Gasteiger partial charge in [-0.25, -0.2) is 0 Å². The minimum Gasteiger partial charge on any atom is -0.399 e. The molecule has 3 nitrogen and oxygen atoms in total. The van der Waals surface area contributed by atoms with Crippen molar-refractivity contribution in [3.8, 4) is 0 Å². The minimum atomic E-state index is 0.404. The summed E-state index contributed by atoms with van der Waals surface area (Å²) < 4.78 is 0. The molecule has 0 aromatic carbocycles. The van der Waals surface area contributed by atoms with Crippen LogP contribution in [0.5, 0.6) is 0 Å². The summed E-state index contributed by atoms with van der Waals surface area (Å²) in [6, 6.07) is 4.24. The molecule has 1 fully saturated rings. The molecule has 0 spiro atoms. The lowest BCUT2D eigenvalue weighted by molar-refractivity contribution is 0.210. The van der Waals surface area contributed by atoms with Gasteiger partial charge in [-0.3, -0.25) is 4.98 Å². The summed E-state index contributed by atoms with van der Waals surface area (Å²) in [4.78, 5) is 9.54. The van der Waals surface area contributed by atoms with Crippen molar-refractivity contribution < 1.29 is 4.84 Å². The van der Waals surface area contributed by atoms with Gasteiger partial charge in [0.15, 0.2) is 0 Å². The van der Waals surface area contributed by atoms with Crippen molar-refractivity contribution in [3.05, 3.63) is 30.1 Å². The summed E-state index contributed by atoms with van der Waals surface area (Å²) in [5.41, 5.74) is 2.53. The first kappa shape index (κ1) is 22.9. The van der Waals surface area contributed by atoms with Crippen LogP contribution in [0.4, 0.5) is 0 Å². The number of nitrogens with zero attached hydrogens (tertiary/aromatic N) is 2. The van der Waals surface area contributed by atoms with Gasteiger partial charge in [0, 0.05) is 18.3 Å². The van der Waals surface area contributed by atoms with E-state index in [0.29, 0.717) is 5.92 Å². The van der Waals surface area contributed by atoms with Crippen LogP contribution in [0.2, 0.25) is 0 Å². The molecule has 0 aliphatic heterocycles. The second kappa shape index (κ2) is 14.6. The minimum absolute atomic E-state index is 0.404. The summed E-state index contributed by atoms with van der Waals surface area (Å²) >= 11 is 0. The number of unbranched alkanes of at least 4 members (excludes halogenated alkanes) is 11. The largest absolute Gasteiger partial charge is 0.399 e. The van der Waals surface area contributed by atoms with Crippen LogP contribution in [0.25, 0.3) is 0 Å². The van der Waals surface area contributed by atoms with E-state index in [1.807, 2.05) is 18.5 Å². The summed E-state index contributed by atoms with van der Waals surface area (Å²) in [7, 11) is 1.68. The zero-order valence-corrected chi connectivity index (χ0v) is 18.4.